The maximum atomic E-state index is 13.4. The molecule has 0 radical (unpaired) electrons. The molecule has 0 heterocycles. The van der Waals surface area contributed by atoms with Crippen molar-refractivity contribution >= 4 is 5.91 Å². The second-order valence-electron chi connectivity index (χ2n) is 7.44. The Kier molecular flexibility index (Phi) is 4.45. The van der Waals surface area contributed by atoms with Crippen LogP contribution >= 0.6 is 0 Å². The summed E-state index contributed by atoms with van der Waals surface area (Å²) in [6, 6.07) is 15.5. The van der Waals surface area contributed by atoms with Gasteiger partial charge in [-0.2, -0.15) is 0 Å². The molecule has 2 aliphatic rings. The number of hydrogen-bond donors (Lipinski definition) is 2. The maximum absolute atomic E-state index is 13.4. The minimum absolute atomic E-state index is 0.0176. The molecule has 0 spiro atoms. The molecule has 2 aliphatic carbocycles. The first-order valence-corrected chi connectivity index (χ1v) is 9.35. The molecular formula is C22H25NO3. The molecule has 1 saturated carbocycles. The van der Waals surface area contributed by atoms with E-state index in [4.69, 9.17) is 4.74 Å². The number of fused-ring (bicyclic) bond motifs is 1. The lowest BCUT2D eigenvalue weighted by Crippen LogP contribution is -2.46. The first-order chi connectivity index (χ1) is 12.6. The number of aliphatic hydroxyl groups excluding tert-OH is 1. The second-order valence-corrected chi connectivity index (χ2v) is 7.44. The van der Waals surface area contributed by atoms with Gasteiger partial charge in [0.1, 0.15) is 5.75 Å². The first-order valence-electron chi connectivity index (χ1n) is 9.35. The van der Waals surface area contributed by atoms with Gasteiger partial charge < -0.3 is 15.2 Å². The fourth-order valence-electron chi connectivity index (χ4n) is 4.57. The number of carbonyl (C=O) groups is 1. The summed E-state index contributed by atoms with van der Waals surface area (Å²) in [5.41, 5.74) is 2.62. The Labute approximate surface area is 154 Å². The van der Waals surface area contributed by atoms with E-state index in [2.05, 4.69) is 5.32 Å². The van der Waals surface area contributed by atoms with E-state index in [-0.39, 0.29) is 11.9 Å². The zero-order valence-corrected chi connectivity index (χ0v) is 15.1. The number of benzene rings is 2. The summed E-state index contributed by atoms with van der Waals surface area (Å²) in [5.74, 6) is 0.789. The maximum Gasteiger partial charge on any atom is 0.231 e. The van der Waals surface area contributed by atoms with Gasteiger partial charge >= 0.3 is 0 Å². The van der Waals surface area contributed by atoms with Gasteiger partial charge in [0.15, 0.2) is 0 Å². The highest BCUT2D eigenvalue weighted by Crippen LogP contribution is 2.43. The van der Waals surface area contributed by atoms with Crippen LogP contribution in [-0.2, 0) is 16.6 Å². The smallest absolute Gasteiger partial charge is 0.231 e. The van der Waals surface area contributed by atoms with Crippen LogP contribution in [0, 0.1) is 0 Å². The van der Waals surface area contributed by atoms with Gasteiger partial charge in [0, 0.05) is 6.42 Å². The van der Waals surface area contributed by atoms with Gasteiger partial charge in [0.25, 0.3) is 0 Å². The van der Waals surface area contributed by atoms with Crippen molar-refractivity contribution in [2.24, 2.45) is 0 Å². The van der Waals surface area contributed by atoms with Crippen LogP contribution in [0.15, 0.2) is 48.5 Å². The zero-order chi connectivity index (χ0) is 18.1. The summed E-state index contributed by atoms with van der Waals surface area (Å²) in [6.07, 6.45) is 3.75. The quantitative estimate of drug-likeness (QED) is 0.889. The van der Waals surface area contributed by atoms with Gasteiger partial charge in [-0.15, -0.1) is 0 Å². The highest BCUT2D eigenvalue weighted by Gasteiger charge is 2.45. The van der Waals surface area contributed by atoms with Crippen molar-refractivity contribution in [3.8, 4) is 5.75 Å². The standard InChI is InChI=1S/C22H25NO3/c1-26-17-9-6-8-16(14-17)22(11-4-5-12-22)21(25)23-20-18-10-3-2-7-15(18)13-19(20)24/h2-3,6-10,14,19-20,24H,4-5,11-13H2,1H3,(H,23,25)/t19-,20+/m1/s1. The van der Waals surface area contributed by atoms with Crippen molar-refractivity contribution in [1.29, 1.82) is 0 Å². The molecule has 0 aliphatic heterocycles. The van der Waals surface area contributed by atoms with Gasteiger partial charge in [-0.05, 0) is 41.7 Å². The van der Waals surface area contributed by atoms with Gasteiger partial charge in [0.2, 0.25) is 5.91 Å². The molecule has 26 heavy (non-hydrogen) atoms. The molecule has 1 amide bonds. The third-order valence-corrected chi connectivity index (χ3v) is 6.00. The van der Waals surface area contributed by atoms with Crippen molar-refractivity contribution in [1.82, 2.24) is 5.32 Å². The number of amides is 1. The Bertz CT molecular complexity index is 811. The molecule has 136 valence electrons. The molecular weight excluding hydrogens is 326 g/mol. The van der Waals surface area contributed by atoms with Crippen LogP contribution in [0.3, 0.4) is 0 Å². The summed E-state index contributed by atoms with van der Waals surface area (Å²) in [7, 11) is 1.65. The minimum Gasteiger partial charge on any atom is -0.497 e. The van der Waals surface area contributed by atoms with Gasteiger partial charge in [-0.1, -0.05) is 49.2 Å². The predicted molar refractivity (Wildman–Crippen MR) is 100 cm³/mol. The van der Waals surface area contributed by atoms with Crippen LogP contribution in [0.4, 0.5) is 0 Å². The lowest BCUT2D eigenvalue weighted by molar-refractivity contribution is -0.128. The summed E-state index contributed by atoms with van der Waals surface area (Å²) < 4.78 is 5.36. The van der Waals surface area contributed by atoms with E-state index in [9.17, 15) is 9.90 Å². The number of aliphatic hydroxyl groups is 1. The molecule has 2 aromatic carbocycles. The van der Waals surface area contributed by atoms with Crippen LogP contribution in [-0.4, -0.2) is 24.2 Å². The molecule has 1 fully saturated rings. The van der Waals surface area contributed by atoms with Crippen molar-refractivity contribution in [3.63, 3.8) is 0 Å². The lowest BCUT2D eigenvalue weighted by Gasteiger charge is -2.31. The third-order valence-electron chi connectivity index (χ3n) is 6.00. The van der Waals surface area contributed by atoms with Gasteiger partial charge in [0.05, 0.1) is 24.7 Å². The minimum atomic E-state index is -0.569. The molecule has 0 aromatic heterocycles. The van der Waals surface area contributed by atoms with Crippen molar-refractivity contribution in [2.75, 3.05) is 7.11 Å². The van der Waals surface area contributed by atoms with Crippen LogP contribution in [0.5, 0.6) is 5.75 Å². The van der Waals surface area contributed by atoms with Crippen LogP contribution in [0.25, 0.3) is 0 Å². The molecule has 0 saturated heterocycles. The first kappa shape index (κ1) is 17.1. The lowest BCUT2D eigenvalue weighted by atomic mass is 9.77. The Hall–Kier alpha value is -2.33. The number of rotatable bonds is 4. The molecule has 0 bridgehead atoms. The Morgan fingerprint density at radius 3 is 2.69 bits per heavy atom. The summed E-state index contributed by atoms with van der Waals surface area (Å²) >= 11 is 0. The van der Waals surface area contributed by atoms with Crippen LogP contribution < -0.4 is 10.1 Å². The average Bonchev–Trinajstić information content (AvgIpc) is 3.28. The summed E-state index contributed by atoms with van der Waals surface area (Å²) in [6.45, 7) is 0. The van der Waals surface area contributed by atoms with E-state index in [1.165, 1.54) is 0 Å². The third kappa shape index (κ3) is 2.78. The average molecular weight is 351 g/mol. The van der Waals surface area contributed by atoms with Gasteiger partial charge in [-0.3, -0.25) is 4.79 Å². The summed E-state index contributed by atoms with van der Waals surface area (Å²) in [4.78, 5) is 13.4. The van der Waals surface area contributed by atoms with Crippen molar-refractivity contribution in [3.05, 3.63) is 65.2 Å². The van der Waals surface area contributed by atoms with E-state index < -0.39 is 11.5 Å². The monoisotopic (exact) mass is 351 g/mol. The van der Waals surface area contributed by atoms with E-state index in [0.717, 1.165) is 48.1 Å². The molecule has 0 unspecified atom stereocenters. The Morgan fingerprint density at radius 2 is 1.92 bits per heavy atom. The Balaban J connectivity index is 1.64. The van der Waals surface area contributed by atoms with E-state index in [0.29, 0.717) is 6.42 Å². The topological polar surface area (TPSA) is 58.6 Å². The zero-order valence-electron chi connectivity index (χ0n) is 15.1. The van der Waals surface area contributed by atoms with E-state index >= 15 is 0 Å². The van der Waals surface area contributed by atoms with Crippen molar-refractivity contribution in [2.45, 2.75) is 49.7 Å². The largest absolute Gasteiger partial charge is 0.497 e. The predicted octanol–water partition coefficient (Wildman–Crippen LogP) is 3.28. The SMILES string of the molecule is COc1cccc(C2(C(=O)N[C@H]3c4ccccc4C[C@H]3O)CCCC2)c1. The van der Waals surface area contributed by atoms with Crippen LogP contribution in [0.1, 0.15) is 48.4 Å². The van der Waals surface area contributed by atoms with Crippen LogP contribution in [0.2, 0.25) is 0 Å². The Morgan fingerprint density at radius 1 is 1.15 bits per heavy atom. The normalized spacial score (nSPS) is 23.5. The fourth-order valence-corrected chi connectivity index (χ4v) is 4.57. The van der Waals surface area contributed by atoms with Gasteiger partial charge in [-0.25, -0.2) is 0 Å². The molecule has 4 rings (SSSR count). The molecule has 2 atom stereocenters. The molecule has 2 N–H and O–H groups in total. The number of nitrogens with one attached hydrogen (secondary N) is 1. The fraction of sp³-hybridized carbons (Fsp3) is 0.409. The highest BCUT2D eigenvalue weighted by molar-refractivity contribution is 5.89. The molecule has 4 nitrogen and oxygen atoms in total. The number of hydrogen-bond acceptors (Lipinski definition) is 3. The molecule has 2 aromatic rings. The van der Waals surface area contributed by atoms with E-state index in [1.807, 2.05) is 48.5 Å². The van der Waals surface area contributed by atoms with E-state index in [1.54, 1.807) is 7.11 Å². The van der Waals surface area contributed by atoms with Crippen molar-refractivity contribution < 1.29 is 14.6 Å². The summed E-state index contributed by atoms with van der Waals surface area (Å²) in [5, 5.41) is 13.7. The number of carbonyl (C=O) groups excluding carboxylic acids is 1. The molecule has 4 heteroatoms. The number of ether oxygens (including phenoxy) is 1. The highest BCUT2D eigenvalue weighted by atomic mass is 16.5. The number of methoxy groups -OCH3 is 1. The second kappa shape index (κ2) is 6.76.